The molecule has 0 saturated carbocycles. The number of fused-ring (bicyclic) bond motifs is 1. The maximum atomic E-state index is 11.2. The third-order valence-corrected chi connectivity index (χ3v) is 5.47. The van der Waals surface area contributed by atoms with E-state index < -0.39 is 5.97 Å². The molecule has 0 amide bonds. The number of nitrogens with two attached hydrogens (primary N) is 1. The average Bonchev–Trinajstić information content (AvgIpc) is 3.16. The number of hydrogen-bond acceptors (Lipinski definition) is 4. The number of carboxylic acids is 1. The van der Waals surface area contributed by atoms with Crippen LogP contribution in [0, 0.1) is 0 Å². The number of ether oxygens (including phenoxy) is 1. The Balaban J connectivity index is 1.69. The second-order valence-corrected chi connectivity index (χ2v) is 8.08. The van der Waals surface area contributed by atoms with Crippen molar-refractivity contribution in [3.8, 4) is 16.9 Å². The van der Waals surface area contributed by atoms with E-state index in [1.165, 1.54) is 0 Å². The van der Waals surface area contributed by atoms with Crippen LogP contribution in [0.4, 0.5) is 0 Å². The Morgan fingerprint density at radius 1 is 1.06 bits per heavy atom. The molecule has 0 saturated heterocycles. The molecule has 0 radical (unpaired) electrons. The zero-order valence-corrected chi connectivity index (χ0v) is 18.3. The highest BCUT2D eigenvalue weighted by Crippen LogP contribution is 2.29. The first kappa shape index (κ1) is 21.6. The van der Waals surface area contributed by atoms with E-state index in [9.17, 15) is 9.90 Å². The van der Waals surface area contributed by atoms with Crippen LogP contribution in [0.3, 0.4) is 0 Å². The molecular weight excluding hydrogens is 402 g/mol. The second kappa shape index (κ2) is 9.24. The van der Waals surface area contributed by atoms with Gasteiger partial charge in [0.05, 0.1) is 11.9 Å². The van der Waals surface area contributed by atoms with Gasteiger partial charge in [-0.05, 0) is 48.7 Å². The average molecular weight is 430 g/mol. The summed E-state index contributed by atoms with van der Waals surface area (Å²) in [5.41, 5.74) is 11.5. The molecule has 3 N–H and O–H groups in total. The fourth-order valence-corrected chi connectivity index (χ4v) is 3.82. The molecule has 0 fully saturated rings. The fraction of sp³-hybridized carbons (Fsp3) is 0.231. The van der Waals surface area contributed by atoms with Crippen LogP contribution in [0.25, 0.3) is 22.0 Å². The minimum atomic E-state index is -0.888. The molecule has 0 aliphatic heterocycles. The van der Waals surface area contributed by atoms with E-state index in [1.807, 2.05) is 28.9 Å². The second-order valence-electron chi connectivity index (χ2n) is 8.08. The Labute approximate surface area is 187 Å². The van der Waals surface area contributed by atoms with Crippen LogP contribution in [0.1, 0.15) is 36.7 Å². The van der Waals surface area contributed by atoms with Crippen LogP contribution in [-0.2, 0) is 24.4 Å². The molecule has 164 valence electrons. The van der Waals surface area contributed by atoms with Gasteiger partial charge in [0.25, 0.3) is 0 Å². The maximum absolute atomic E-state index is 11.2. The minimum Gasteiger partial charge on any atom is -0.487 e. The van der Waals surface area contributed by atoms with Crippen molar-refractivity contribution in [2.45, 2.75) is 39.5 Å². The van der Waals surface area contributed by atoms with E-state index in [0.717, 1.165) is 33.3 Å². The van der Waals surface area contributed by atoms with Crippen LogP contribution in [0.2, 0.25) is 0 Å². The van der Waals surface area contributed by atoms with E-state index in [-0.39, 0.29) is 19.1 Å². The highest BCUT2D eigenvalue weighted by atomic mass is 16.5. The van der Waals surface area contributed by atoms with E-state index >= 15 is 0 Å². The molecule has 6 heteroatoms. The number of aromatic nitrogens is 2. The summed E-state index contributed by atoms with van der Waals surface area (Å²) in [5, 5.41) is 15.0. The van der Waals surface area contributed by atoms with Crippen molar-refractivity contribution >= 4 is 16.9 Å². The number of rotatable bonds is 8. The van der Waals surface area contributed by atoms with Gasteiger partial charge < -0.3 is 15.6 Å². The molecule has 4 aromatic rings. The maximum Gasteiger partial charge on any atom is 0.307 e. The zero-order valence-electron chi connectivity index (χ0n) is 18.3. The molecule has 1 aromatic heterocycles. The highest BCUT2D eigenvalue weighted by molar-refractivity contribution is 5.87. The number of aliphatic carboxylic acids is 1. The van der Waals surface area contributed by atoms with Crippen molar-refractivity contribution in [3.63, 3.8) is 0 Å². The van der Waals surface area contributed by atoms with Crippen molar-refractivity contribution in [3.05, 3.63) is 83.6 Å². The molecule has 0 bridgehead atoms. The minimum absolute atomic E-state index is 0.0830. The lowest BCUT2D eigenvalue weighted by molar-refractivity contribution is -0.136. The summed E-state index contributed by atoms with van der Waals surface area (Å²) in [5.74, 6) is -0.323. The van der Waals surface area contributed by atoms with Gasteiger partial charge >= 0.3 is 5.97 Å². The van der Waals surface area contributed by atoms with Crippen molar-refractivity contribution in [2.24, 2.45) is 5.73 Å². The molecule has 4 rings (SSSR count). The Hall–Kier alpha value is -3.64. The van der Waals surface area contributed by atoms with Crippen molar-refractivity contribution in [1.82, 2.24) is 9.78 Å². The standard InChI is InChI=1S/C26H27N3O3/c1-17(2)29-24-12-11-20(19-9-7-18(15-27)8-10-19)13-22(24)23(28-29)16-32-25-6-4-3-5-21(25)14-26(30)31/h3-13,17H,14-16,27H2,1-2H3,(H,30,31). The van der Waals surface area contributed by atoms with Crippen LogP contribution in [0.5, 0.6) is 5.75 Å². The normalized spacial score (nSPS) is 11.2. The van der Waals surface area contributed by atoms with Gasteiger partial charge in [0, 0.05) is 23.5 Å². The summed E-state index contributed by atoms with van der Waals surface area (Å²) in [6.07, 6.45) is -0.0830. The van der Waals surface area contributed by atoms with Crippen molar-refractivity contribution in [1.29, 1.82) is 0 Å². The Bertz CT molecular complexity index is 1240. The fourth-order valence-electron chi connectivity index (χ4n) is 3.82. The molecular formula is C26H27N3O3. The predicted molar refractivity (Wildman–Crippen MR) is 126 cm³/mol. The monoisotopic (exact) mass is 429 g/mol. The summed E-state index contributed by atoms with van der Waals surface area (Å²) in [6, 6.07) is 22.0. The third-order valence-electron chi connectivity index (χ3n) is 5.47. The smallest absolute Gasteiger partial charge is 0.307 e. The van der Waals surface area contributed by atoms with Crippen molar-refractivity contribution in [2.75, 3.05) is 0 Å². The van der Waals surface area contributed by atoms with Gasteiger partial charge in [-0.15, -0.1) is 0 Å². The number of benzene rings is 3. The largest absolute Gasteiger partial charge is 0.487 e. The zero-order chi connectivity index (χ0) is 22.7. The lowest BCUT2D eigenvalue weighted by atomic mass is 10.0. The summed E-state index contributed by atoms with van der Waals surface area (Å²) >= 11 is 0. The van der Waals surface area contributed by atoms with Gasteiger partial charge in [0.2, 0.25) is 0 Å². The van der Waals surface area contributed by atoms with E-state index in [4.69, 9.17) is 15.6 Å². The Morgan fingerprint density at radius 2 is 1.78 bits per heavy atom. The summed E-state index contributed by atoms with van der Waals surface area (Å²) in [6.45, 7) is 4.96. The molecule has 32 heavy (non-hydrogen) atoms. The number of nitrogens with zero attached hydrogens (tertiary/aromatic N) is 2. The van der Waals surface area contributed by atoms with Crippen LogP contribution in [0.15, 0.2) is 66.7 Å². The number of para-hydroxylation sites is 1. The summed E-state index contributed by atoms with van der Waals surface area (Å²) in [4.78, 5) is 11.2. The molecule has 0 aliphatic carbocycles. The third kappa shape index (κ3) is 4.50. The molecule has 0 unspecified atom stereocenters. The summed E-state index contributed by atoms with van der Waals surface area (Å²) in [7, 11) is 0. The van der Waals surface area contributed by atoms with Crippen molar-refractivity contribution < 1.29 is 14.6 Å². The molecule has 0 aliphatic rings. The molecule has 3 aromatic carbocycles. The Kier molecular flexibility index (Phi) is 6.23. The molecule has 6 nitrogen and oxygen atoms in total. The van der Waals surface area contributed by atoms with E-state index in [2.05, 4.69) is 44.2 Å². The quantitative estimate of drug-likeness (QED) is 0.414. The Morgan fingerprint density at radius 3 is 2.47 bits per heavy atom. The van der Waals surface area contributed by atoms with E-state index in [1.54, 1.807) is 12.1 Å². The molecule has 0 spiro atoms. The van der Waals surface area contributed by atoms with Gasteiger partial charge in [-0.2, -0.15) is 5.10 Å². The first-order chi connectivity index (χ1) is 15.5. The SMILES string of the molecule is CC(C)n1nc(COc2ccccc2CC(=O)O)c2cc(-c3ccc(CN)cc3)ccc21. The van der Waals surface area contributed by atoms with Crippen LogP contribution >= 0.6 is 0 Å². The lowest BCUT2D eigenvalue weighted by Gasteiger charge is -2.09. The van der Waals surface area contributed by atoms with Gasteiger partial charge in [0.15, 0.2) is 0 Å². The van der Waals surface area contributed by atoms with E-state index in [0.29, 0.717) is 17.9 Å². The first-order valence-corrected chi connectivity index (χ1v) is 10.7. The van der Waals surface area contributed by atoms with Gasteiger partial charge in [-0.1, -0.05) is 48.5 Å². The first-order valence-electron chi connectivity index (χ1n) is 10.7. The number of carbonyl (C=O) groups is 1. The number of hydrogen-bond donors (Lipinski definition) is 2. The van der Waals surface area contributed by atoms with Gasteiger partial charge in [-0.25, -0.2) is 0 Å². The van der Waals surface area contributed by atoms with Gasteiger partial charge in [-0.3, -0.25) is 9.48 Å². The highest BCUT2D eigenvalue weighted by Gasteiger charge is 2.15. The topological polar surface area (TPSA) is 90.4 Å². The summed E-state index contributed by atoms with van der Waals surface area (Å²) < 4.78 is 8.05. The lowest BCUT2D eigenvalue weighted by Crippen LogP contribution is -2.06. The van der Waals surface area contributed by atoms with Crippen LogP contribution in [-0.4, -0.2) is 20.9 Å². The van der Waals surface area contributed by atoms with Gasteiger partial charge in [0.1, 0.15) is 18.1 Å². The molecule has 0 atom stereocenters. The molecule has 1 heterocycles. The van der Waals surface area contributed by atoms with Crippen LogP contribution < -0.4 is 10.5 Å². The predicted octanol–water partition coefficient (Wildman–Crippen LogP) is 4.95. The number of carboxylic acid groups (broad SMARTS) is 1.